The first-order chi connectivity index (χ1) is 7.68. The quantitative estimate of drug-likeness (QED) is 0.805. The second-order valence-electron chi connectivity index (χ2n) is 3.33. The van der Waals surface area contributed by atoms with Crippen LogP contribution in [0.25, 0.3) is 0 Å². The number of carbonyl (C=O) groups is 1. The predicted octanol–water partition coefficient (Wildman–Crippen LogP) is 3.61. The summed E-state index contributed by atoms with van der Waals surface area (Å²) >= 11 is 3.05. The van der Waals surface area contributed by atoms with Crippen LogP contribution in [0.3, 0.4) is 0 Å². The summed E-state index contributed by atoms with van der Waals surface area (Å²) in [6.07, 6.45) is 3.11. The molecule has 0 fully saturated rings. The minimum atomic E-state index is -0.518. The first-order valence-electron chi connectivity index (χ1n) is 4.67. The maximum absolute atomic E-state index is 13.6. The fourth-order valence-electron chi connectivity index (χ4n) is 1.39. The van der Waals surface area contributed by atoms with E-state index in [1.807, 2.05) is 0 Å². The van der Waals surface area contributed by atoms with Crippen molar-refractivity contribution < 1.29 is 13.6 Å². The van der Waals surface area contributed by atoms with Crippen LogP contribution in [0.15, 0.2) is 45.7 Å². The molecule has 0 saturated heterocycles. The van der Waals surface area contributed by atoms with Crippen molar-refractivity contribution in [1.82, 2.24) is 0 Å². The van der Waals surface area contributed by atoms with E-state index < -0.39 is 5.82 Å². The van der Waals surface area contributed by atoms with Crippen molar-refractivity contribution in [1.29, 1.82) is 0 Å². The lowest BCUT2D eigenvalue weighted by Gasteiger charge is -2.02. The van der Waals surface area contributed by atoms with Crippen LogP contribution >= 0.6 is 15.9 Å². The van der Waals surface area contributed by atoms with Crippen LogP contribution in [-0.4, -0.2) is 5.78 Å². The van der Waals surface area contributed by atoms with Gasteiger partial charge in [0.1, 0.15) is 5.82 Å². The highest BCUT2D eigenvalue weighted by molar-refractivity contribution is 9.10. The van der Waals surface area contributed by atoms with Crippen LogP contribution in [0.5, 0.6) is 0 Å². The molecule has 2 aromatic rings. The molecule has 4 heteroatoms. The van der Waals surface area contributed by atoms with Crippen molar-refractivity contribution in [2.24, 2.45) is 0 Å². The van der Waals surface area contributed by atoms with Crippen molar-refractivity contribution in [3.05, 3.63) is 58.2 Å². The van der Waals surface area contributed by atoms with E-state index in [2.05, 4.69) is 15.9 Å². The van der Waals surface area contributed by atoms with Crippen LogP contribution < -0.4 is 0 Å². The number of ketones is 1. The molecular formula is C12H8BrFO2. The molecule has 0 unspecified atom stereocenters. The zero-order chi connectivity index (χ0) is 11.5. The Morgan fingerprint density at radius 3 is 2.88 bits per heavy atom. The van der Waals surface area contributed by atoms with Gasteiger partial charge in [-0.25, -0.2) is 4.39 Å². The van der Waals surface area contributed by atoms with Crippen molar-refractivity contribution in [2.45, 2.75) is 6.42 Å². The van der Waals surface area contributed by atoms with Gasteiger partial charge in [-0.1, -0.05) is 6.07 Å². The minimum absolute atomic E-state index is 0.0931. The van der Waals surface area contributed by atoms with Crippen LogP contribution in [0.4, 0.5) is 4.39 Å². The Balaban J connectivity index is 2.24. The van der Waals surface area contributed by atoms with Crippen molar-refractivity contribution in [3.63, 3.8) is 0 Å². The first kappa shape index (κ1) is 11.1. The lowest BCUT2D eigenvalue weighted by molar-refractivity contribution is 0.0988. The molecule has 0 radical (unpaired) electrons. The van der Waals surface area contributed by atoms with E-state index in [1.165, 1.54) is 18.6 Å². The van der Waals surface area contributed by atoms with Gasteiger partial charge in [0.25, 0.3) is 0 Å². The summed E-state index contributed by atoms with van der Waals surface area (Å²) in [7, 11) is 0. The number of furan rings is 1. The molecule has 82 valence electrons. The number of halogens is 2. The second-order valence-corrected chi connectivity index (χ2v) is 4.19. The largest absolute Gasteiger partial charge is 0.472 e. The molecule has 0 amide bonds. The van der Waals surface area contributed by atoms with Crippen LogP contribution in [-0.2, 0) is 6.42 Å². The Hall–Kier alpha value is -1.42. The van der Waals surface area contributed by atoms with Crippen molar-refractivity contribution >= 4 is 21.7 Å². The molecule has 0 atom stereocenters. The average molecular weight is 283 g/mol. The van der Waals surface area contributed by atoms with Gasteiger partial charge in [-0.3, -0.25) is 4.79 Å². The molecule has 1 aromatic carbocycles. The van der Waals surface area contributed by atoms with Gasteiger partial charge < -0.3 is 4.42 Å². The number of rotatable bonds is 3. The molecule has 2 rings (SSSR count). The average Bonchev–Trinajstić information content (AvgIpc) is 2.74. The van der Waals surface area contributed by atoms with Crippen molar-refractivity contribution in [2.75, 3.05) is 0 Å². The van der Waals surface area contributed by atoms with Gasteiger partial charge in [-0.2, -0.15) is 0 Å². The molecule has 1 aromatic heterocycles. The summed E-state index contributed by atoms with van der Waals surface area (Å²) in [6, 6.07) is 6.36. The monoisotopic (exact) mass is 282 g/mol. The fraction of sp³-hybridized carbons (Fsp3) is 0.0833. The van der Waals surface area contributed by atoms with Gasteiger partial charge in [0, 0.05) is 6.42 Å². The molecule has 2 nitrogen and oxygen atoms in total. The van der Waals surface area contributed by atoms with E-state index >= 15 is 0 Å². The number of hydrogen-bond acceptors (Lipinski definition) is 2. The minimum Gasteiger partial charge on any atom is -0.472 e. The number of benzene rings is 1. The number of hydrogen-bond donors (Lipinski definition) is 0. The normalized spacial score (nSPS) is 10.4. The molecule has 0 aliphatic carbocycles. The van der Waals surface area contributed by atoms with Crippen LogP contribution in [0.2, 0.25) is 0 Å². The van der Waals surface area contributed by atoms with Gasteiger partial charge in [-0.15, -0.1) is 0 Å². The fourth-order valence-corrected chi connectivity index (χ4v) is 1.76. The molecule has 0 bridgehead atoms. The van der Waals surface area contributed by atoms with Gasteiger partial charge in [0.2, 0.25) is 0 Å². The molecule has 0 spiro atoms. The topological polar surface area (TPSA) is 30.2 Å². The van der Waals surface area contributed by atoms with Crippen molar-refractivity contribution in [3.8, 4) is 0 Å². The summed E-state index contributed by atoms with van der Waals surface area (Å²) in [5.41, 5.74) is 0.833. The SMILES string of the molecule is O=C(Cc1ccoc1)c1cccc(Br)c1F. The van der Waals surface area contributed by atoms with Gasteiger partial charge >= 0.3 is 0 Å². The van der Waals surface area contributed by atoms with E-state index in [0.29, 0.717) is 4.47 Å². The number of carbonyl (C=O) groups excluding carboxylic acids is 1. The molecule has 1 heterocycles. The van der Waals surface area contributed by atoms with Crippen LogP contribution in [0.1, 0.15) is 15.9 Å². The second kappa shape index (κ2) is 4.61. The first-order valence-corrected chi connectivity index (χ1v) is 5.46. The maximum atomic E-state index is 13.6. The Kier molecular flexibility index (Phi) is 3.19. The lowest BCUT2D eigenvalue weighted by atomic mass is 10.0. The highest BCUT2D eigenvalue weighted by atomic mass is 79.9. The van der Waals surface area contributed by atoms with E-state index in [0.717, 1.165) is 5.56 Å². The summed E-state index contributed by atoms with van der Waals surface area (Å²) in [4.78, 5) is 11.8. The molecule has 0 aliphatic rings. The van der Waals surface area contributed by atoms with E-state index in [-0.39, 0.29) is 17.8 Å². The third-order valence-electron chi connectivity index (χ3n) is 2.20. The Bertz CT molecular complexity index is 506. The summed E-state index contributed by atoms with van der Waals surface area (Å²) in [6.45, 7) is 0. The molecule has 16 heavy (non-hydrogen) atoms. The highest BCUT2D eigenvalue weighted by Crippen LogP contribution is 2.20. The van der Waals surface area contributed by atoms with Gasteiger partial charge in [0.15, 0.2) is 5.78 Å². The third kappa shape index (κ3) is 2.22. The molecule has 0 N–H and O–H groups in total. The lowest BCUT2D eigenvalue weighted by Crippen LogP contribution is -2.05. The summed E-state index contributed by atoms with van der Waals surface area (Å²) in [5, 5.41) is 0. The Labute approximate surface area is 100 Å². The van der Waals surface area contributed by atoms with Gasteiger partial charge in [-0.05, 0) is 39.7 Å². The zero-order valence-corrected chi connectivity index (χ0v) is 9.83. The van der Waals surface area contributed by atoms with Crippen LogP contribution in [0, 0.1) is 5.82 Å². The molecule has 0 saturated carbocycles. The Morgan fingerprint density at radius 1 is 1.38 bits per heavy atom. The van der Waals surface area contributed by atoms with E-state index in [1.54, 1.807) is 18.2 Å². The maximum Gasteiger partial charge on any atom is 0.170 e. The Morgan fingerprint density at radius 2 is 2.19 bits per heavy atom. The zero-order valence-electron chi connectivity index (χ0n) is 8.24. The molecule has 0 aliphatic heterocycles. The van der Waals surface area contributed by atoms with E-state index in [9.17, 15) is 9.18 Å². The molecular weight excluding hydrogens is 275 g/mol. The third-order valence-corrected chi connectivity index (χ3v) is 2.81. The highest BCUT2D eigenvalue weighted by Gasteiger charge is 2.14. The van der Waals surface area contributed by atoms with Gasteiger partial charge in [0.05, 0.1) is 22.6 Å². The standard InChI is InChI=1S/C12H8BrFO2/c13-10-3-1-2-9(12(10)14)11(15)6-8-4-5-16-7-8/h1-5,7H,6H2. The predicted molar refractivity (Wildman–Crippen MR) is 60.8 cm³/mol. The smallest absolute Gasteiger partial charge is 0.170 e. The number of Topliss-reactive ketones (excluding diaryl/α,β-unsaturated/α-hetero) is 1. The summed E-state index contributed by atoms with van der Waals surface area (Å²) < 4.78 is 18.7. The summed E-state index contributed by atoms with van der Waals surface area (Å²) in [5.74, 6) is -0.781. The van der Waals surface area contributed by atoms with E-state index in [4.69, 9.17) is 4.42 Å².